The van der Waals surface area contributed by atoms with E-state index >= 15 is 0 Å². The number of rotatable bonds is 4. The number of halogens is 3. The van der Waals surface area contributed by atoms with E-state index in [4.69, 9.17) is 0 Å². The fourth-order valence-electron chi connectivity index (χ4n) is 2.79. The first-order chi connectivity index (χ1) is 9.86. The minimum absolute atomic E-state index is 0.0596. The highest BCUT2D eigenvalue weighted by Crippen LogP contribution is 2.33. The average molecular weight is 301 g/mol. The summed E-state index contributed by atoms with van der Waals surface area (Å²) in [6.45, 7) is 3.22. The van der Waals surface area contributed by atoms with Gasteiger partial charge in [-0.2, -0.15) is 13.2 Å². The normalized spacial score (nSPS) is 22.2. The molecule has 1 aromatic carbocycles. The Morgan fingerprint density at radius 2 is 1.95 bits per heavy atom. The van der Waals surface area contributed by atoms with Gasteiger partial charge in [0, 0.05) is 13.1 Å². The van der Waals surface area contributed by atoms with Crippen LogP contribution in [0.4, 0.5) is 13.2 Å². The molecular formula is C16H22F3NO. The van der Waals surface area contributed by atoms with Crippen LogP contribution in [0.2, 0.25) is 0 Å². The molecule has 1 saturated heterocycles. The molecule has 1 N–H and O–H groups in total. The molecule has 1 aliphatic rings. The second-order valence-corrected chi connectivity index (χ2v) is 5.90. The predicted molar refractivity (Wildman–Crippen MR) is 76.0 cm³/mol. The smallest absolute Gasteiger partial charge is 0.388 e. The summed E-state index contributed by atoms with van der Waals surface area (Å²) in [5.74, 6) is -1.22. The molecular weight excluding hydrogens is 279 g/mol. The molecule has 1 aliphatic heterocycles. The number of benzene rings is 1. The zero-order chi connectivity index (χ0) is 15.5. The lowest BCUT2D eigenvalue weighted by molar-refractivity contribution is -0.186. The van der Waals surface area contributed by atoms with E-state index in [2.05, 4.69) is 0 Å². The zero-order valence-corrected chi connectivity index (χ0v) is 12.2. The number of piperidine rings is 1. The van der Waals surface area contributed by atoms with Crippen molar-refractivity contribution in [3.05, 3.63) is 35.4 Å². The number of aliphatic hydroxyl groups excluding tert-OH is 1. The molecule has 0 radical (unpaired) electrons. The first kappa shape index (κ1) is 16.3. The molecule has 1 heterocycles. The minimum atomic E-state index is -4.10. The van der Waals surface area contributed by atoms with E-state index in [1.807, 2.05) is 36.1 Å². The van der Waals surface area contributed by atoms with E-state index in [-0.39, 0.29) is 13.0 Å². The van der Waals surface area contributed by atoms with Crippen LogP contribution in [0.5, 0.6) is 0 Å². The van der Waals surface area contributed by atoms with E-state index in [0.717, 1.165) is 11.1 Å². The molecule has 0 aliphatic carbocycles. The molecule has 1 fully saturated rings. The molecule has 2 nitrogen and oxygen atoms in total. The first-order valence-electron chi connectivity index (χ1n) is 7.40. The van der Waals surface area contributed by atoms with Gasteiger partial charge in [0.25, 0.3) is 0 Å². The standard InChI is InChI=1S/C16H22F3NO/c1-12-4-6-13(7-5-12)15(21)8-10-20-9-2-3-14(11-20)16(17,18)19/h4-7,14-15,21H,2-3,8-11H2,1H3. The number of aliphatic hydroxyl groups is 1. The van der Waals surface area contributed by atoms with Crippen molar-refractivity contribution >= 4 is 0 Å². The van der Waals surface area contributed by atoms with E-state index in [0.29, 0.717) is 25.9 Å². The van der Waals surface area contributed by atoms with Gasteiger partial charge in [0.05, 0.1) is 12.0 Å². The summed E-state index contributed by atoms with van der Waals surface area (Å²) in [7, 11) is 0. The highest BCUT2D eigenvalue weighted by atomic mass is 19.4. The Hall–Kier alpha value is -1.07. The zero-order valence-electron chi connectivity index (χ0n) is 12.2. The monoisotopic (exact) mass is 301 g/mol. The van der Waals surface area contributed by atoms with Gasteiger partial charge in [0.15, 0.2) is 0 Å². The Bertz CT molecular complexity index is 444. The van der Waals surface area contributed by atoms with Crippen molar-refractivity contribution in [3.8, 4) is 0 Å². The number of likely N-dealkylation sites (tertiary alicyclic amines) is 1. The lowest BCUT2D eigenvalue weighted by atomic mass is 9.97. The molecule has 2 unspecified atom stereocenters. The van der Waals surface area contributed by atoms with E-state index in [9.17, 15) is 18.3 Å². The van der Waals surface area contributed by atoms with Gasteiger partial charge < -0.3 is 10.0 Å². The molecule has 0 bridgehead atoms. The summed E-state index contributed by atoms with van der Waals surface area (Å²) in [5, 5.41) is 10.1. The van der Waals surface area contributed by atoms with Crippen molar-refractivity contribution in [2.45, 2.75) is 38.5 Å². The lowest BCUT2D eigenvalue weighted by Gasteiger charge is -2.34. The van der Waals surface area contributed by atoms with Gasteiger partial charge in [-0.25, -0.2) is 0 Å². The van der Waals surface area contributed by atoms with Crippen LogP contribution in [-0.4, -0.2) is 35.8 Å². The fourth-order valence-corrected chi connectivity index (χ4v) is 2.79. The lowest BCUT2D eigenvalue weighted by Crippen LogP contribution is -2.42. The van der Waals surface area contributed by atoms with Crippen LogP contribution in [0.15, 0.2) is 24.3 Å². The number of aryl methyl sites for hydroxylation is 1. The molecule has 0 amide bonds. The number of hydrogen-bond donors (Lipinski definition) is 1. The van der Waals surface area contributed by atoms with Crippen LogP contribution in [0.25, 0.3) is 0 Å². The van der Waals surface area contributed by atoms with Gasteiger partial charge in [-0.3, -0.25) is 0 Å². The maximum Gasteiger partial charge on any atom is 0.393 e. The van der Waals surface area contributed by atoms with E-state index in [1.54, 1.807) is 0 Å². The Balaban J connectivity index is 1.83. The third-order valence-corrected chi connectivity index (χ3v) is 4.15. The van der Waals surface area contributed by atoms with Crippen LogP contribution in [0.3, 0.4) is 0 Å². The SMILES string of the molecule is Cc1ccc(C(O)CCN2CCCC(C(F)(F)F)C2)cc1. The van der Waals surface area contributed by atoms with Crippen LogP contribution >= 0.6 is 0 Å². The third-order valence-electron chi connectivity index (χ3n) is 4.15. The Kier molecular flexibility index (Phi) is 5.27. The minimum Gasteiger partial charge on any atom is -0.388 e. The van der Waals surface area contributed by atoms with Crippen LogP contribution < -0.4 is 0 Å². The van der Waals surface area contributed by atoms with Gasteiger partial charge in [0.1, 0.15) is 0 Å². The summed E-state index contributed by atoms with van der Waals surface area (Å²) >= 11 is 0. The Labute approximate surface area is 123 Å². The topological polar surface area (TPSA) is 23.5 Å². The van der Waals surface area contributed by atoms with E-state index in [1.165, 1.54) is 0 Å². The van der Waals surface area contributed by atoms with Crippen molar-refractivity contribution in [3.63, 3.8) is 0 Å². The van der Waals surface area contributed by atoms with Gasteiger partial charge in [-0.1, -0.05) is 29.8 Å². The number of hydrogen-bond acceptors (Lipinski definition) is 2. The molecule has 21 heavy (non-hydrogen) atoms. The molecule has 0 aromatic heterocycles. The van der Waals surface area contributed by atoms with Gasteiger partial charge in [-0.15, -0.1) is 0 Å². The molecule has 2 rings (SSSR count). The maximum atomic E-state index is 12.7. The highest BCUT2D eigenvalue weighted by Gasteiger charge is 2.41. The fraction of sp³-hybridized carbons (Fsp3) is 0.625. The summed E-state index contributed by atoms with van der Waals surface area (Å²) in [6.07, 6.45) is -3.45. The number of alkyl halides is 3. The van der Waals surface area contributed by atoms with Gasteiger partial charge in [0.2, 0.25) is 0 Å². The summed E-state index contributed by atoms with van der Waals surface area (Å²) in [5.41, 5.74) is 1.94. The maximum absolute atomic E-state index is 12.7. The van der Waals surface area contributed by atoms with E-state index < -0.39 is 18.2 Å². The van der Waals surface area contributed by atoms with Crippen LogP contribution in [-0.2, 0) is 0 Å². The highest BCUT2D eigenvalue weighted by molar-refractivity contribution is 5.23. The van der Waals surface area contributed by atoms with Crippen molar-refractivity contribution < 1.29 is 18.3 Å². The van der Waals surface area contributed by atoms with Gasteiger partial charge >= 0.3 is 6.18 Å². The summed E-state index contributed by atoms with van der Waals surface area (Å²) < 4.78 is 38.2. The summed E-state index contributed by atoms with van der Waals surface area (Å²) in [4.78, 5) is 1.82. The Morgan fingerprint density at radius 3 is 2.57 bits per heavy atom. The second kappa shape index (κ2) is 6.79. The largest absolute Gasteiger partial charge is 0.393 e. The van der Waals surface area contributed by atoms with Crippen molar-refractivity contribution in [1.82, 2.24) is 4.90 Å². The quantitative estimate of drug-likeness (QED) is 0.917. The number of nitrogens with zero attached hydrogens (tertiary/aromatic N) is 1. The van der Waals surface area contributed by atoms with Crippen molar-refractivity contribution in [1.29, 1.82) is 0 Å². The molecule has 118 valence electrons. The first-order valence-corrected chi connectivity index (χ1v) is 7.40. The molecule has 0 spiro atoms. The molecule has 5 heteroatoms. The third kappa shape index (κ3) is 4.71. The van der Waals surface area contributed by atoms with Crippen LogP contribution in [0, 0.1) is 12.8 Å². The second-order valence-electron chi connectivity index (χ2n) is 5.90. The van der Waals surface area contributed by atoms with Crippen LogP contribution in [0.1, 0.15) is 36.5 Å². The summed E-state index contributed by atoms with van der Waals surface area (Å²) in [6, 6.07) is 7.60. The molecule has 1 aromatic rings. The van der Waals surface area contributed by atoms with Gasteiger partial charge in [-0.05, 0) is 38.3 Å². The molecule has 2 atom stereocenters. The average Bonchev–Trinajstić information content (AvgIpc) is 2.45. The Morgan fingerprint density at radius 1 is 1.29 bits per heavy atom. The predicted octanol–water partition coefficient (Wildman–Crippen LogP) is 3.69. The van der Waals surface area contributed by atoms with Crippen molar-refractivity contribution in [2.75, 3.05) is 19.6 Å². The molecule has 0 saturated carbocycles. The van der Waals surface area contributed by atoms with Crippen molar-refractivity contribution in [2.24, 2.45) is 5.92 Å².